The summed E-state index contributed by atoms with van der Waals surface area (Å²) < 4.78 is 20.3. The molecule has 0 saturated heterocycles. The standard InChI is InChI=1S/C75H44N6O2/c1-4-17-45(18-5-1)46-32-39-65-59(41-46)53-24-11-14-28-63(53)81(65)75-77-73(49-31-35-55-54-25-12-15-29-66(54)83-69(55)44-49)76-74(78-75)58-26-16-30-68-70(58)61-43-48(34-40-67(61)82-68)47-33-38-64-60(42-47)57-37-36-56-52-23-10-13-27-62(52)79(50-19-6-2-7-20-50)71(56)72(57)80(64)51-21-8-3-9-22-51/h1-44H. The molecule has 0 N–H and O–H groups in total. The average Bonchev–Trinajstić information content (AvgIpc) is 3.23. The second-order valence-corrected chi connectivity index (χ2v) is 21.5. The fraction of sp³-hybridized carbons (Fsp3) is 0. The monoisotopic (exact) mass is 1060 g/mol. The zero-order valence-electron chi connectivity index (χ0n) is 44.4. The average molecular weight is 1060 g/mol. The maximum atomic E-state index is 6.76. The molecule has 6 aromatic heterocycles. The van der Waals surface area contributed by atoms with Crippen LogP contribution in [0.1, 0.15) is 0 Å². The molecule has 0 unspecified atom stereocenters. The van der Waals surface area contributed by atoms with Crippen LogP contribution in [0.25, 0.3) is 172 Å². The van der Waals surface area contributed by atoms with E-state index in [9.17, 15) is 0 Å². The van der Waals surface area contributed by atoms with E-state index in [1.165, 1.54) is 32.6 Å². The van der Waals surface area contributed by atoms with Crippen LogP contribution in [0.3, 0.4) is 0 Å². The van der Waals surface area contributed by atoms with Crippen molar-refractivity contribution in [2.24, 2.45) is 0 Å². The summed E-state index contributed by atoms with van der Waals surface area (Å²) >= 11 is 0. The van der Waals surface area contributed by atoms with Crippen LogP contribution in [0.2, 0.25) is 0 Å². The van der Waals surface area contributed by atoms with Gasteiger partial charge in [0.25, 0.3) is 0 Å². The van der Waals surface area contributed by atoms with E-state index in [1.54, 1.807) is 0 Å². The van der Waals surface area contributed by atoms with Gasteiger partial charge >= 0.3 is 0 Å². The first-order valence-corrected chi connectivity index (χ1v) is 28.0. The maximum Gasteiger partial charge on any atom is 0.238 e. The summed E-state index contributed by atoms with van der Waals surface area (Å²) in [6.45, 7) is 0. The van der Waals surface area contributed by atoms with Crippen LogP contribution < -0.4 is 0 Å². The summed E-state index contributed by atoms with van der Waals surface area (Å²) in [6, 6.07) is 94.5. The van der Waals surface area contributed by atoms with Crippen LogP contribution in [-0.4, -0.2) is 28.7 Å². The lowest BCUT2D eigenvalue weighted by atomic mass is 9.99. The van der Waals surface area contributed by atoms with Gasteiger partial charge in [-0.15, -0.1) is 0 Å². The number of nitrogens with zero attached hydrogens (tertiary/aromatic N) is 6. The Morgan fingerprint density at radius 3 is 1.45 bits per heavy atom. The van der Waals surface area contributed by atoms with Crippen molar-refractivity contribution in [3.05, 3.63) is 267 Å². The molecule has 0 radical (unpaired) electrons. The Kier molecular flexibility index (Phi) is 9.64. The molecule has 0 atom stereocenters. The van der Waals surface area contributed by atoms with E-state index in [4.69, 9.17) is 23.8 Å². The Labute approximate surface area is 473 Å². The molecule has 8 nitrogen and oxygen atoms in total. The van der Waals surface area contributed by atoms with Crippen molar-refractivity contribution in [2.75, 3.05) is 0 Å². The van der Waals surface area contributed by atoms with Gasteiger partial charge in [-0.1, -0.05) is 170 Å². The van der Waals surface area contributed by atoms with E-state index in [-0.39, 0.29) is 0 Å². The van der Waals surface area contributed by atoms with Crippen LogP contribution >= 0.6 is 0 Å². The van der Waals surface area contributed by atoms with Crippen molar-refractivity contribution < 1.29 is 8.83 Å². The van der Waals surface area contributed by atoms with Gasteiger partial charge in [0, 0.05) is 76.4 Å². The topological polar surface area (TPSA) is 79.7 Å². The second-order valence-electron chi connectivity index (χ2n) is 21.5. The van der Waals surface area contributed by atoms with Crippen molar-refractivity contribution >= 4 is 109 Å². The molecule has 0 spiro atoms. The lowest BCUT2D eigenvalue weighted by molar-refractivity contribution is 0.668. The number of para-hydroxylation sites is 5. The van der Waals surface area contributed by atoms with Crippen molar-refractivity contribution in [3.8, 4) is 62.4 Å². The summed E-state index contributed by atoms with van der Waals surface area (Å²) in [6.07, 6.45) is 0. The Hall–Kier alpha value is -11.4. The fourth-order valence-electron chi connectivity index (χ4n) is 13.2. The van der Waals surface area contributed by atoms with Gasteiger partial charge in [0.15, 0.2) is 11.6 Å². The predicted molar refractivity (Wildman–Crippen MR) is 339 cm³/mol. The molecule has 0 amide bonds. The molecule has 0 bridgehead atoms. The van der Waals surface area contributed by atoms with E-state index in [0.717, 1.165) is 121 Å². The Morgan fingerprint density at radius 1 is 0.253 bits per heavy atom. The number of rotatable bonds is 7. The van der Waals surface area contributed by atoms with Crippen LogP contribution in [0.15, 0.2) is 276 Å². The largest absolute Gasteiger partial charge is 0.456 e. The summed E-state index contributed by atoms with van der Waals surface area (Å²) in [7, 11) is 0. The lowest BCUT2D eigenvalue weighted by Gasteiger charge is -2.12. The first-order valence-electron chi connectivity index (χ1n) is 28.0. The maximum absolute atomic E-state index is 6.76. The van der Waals surface area contributed by atoms with Crippen LogP contribution in [0.5, 0.6) is 0 Å². The third-order valence-electron chi connectivity index (χ3n) is 16.9. The van der Waals surface area contributed by atoms with Gasteiger partial charge in [-0.05, 0) is 119 Å². The van der Waals surface area contributed by atoms with E-state index >= 15 is 0 Å². The van der Waals surface area contributed by atoms with E-state index in [1.807, 2.05) is 30.3 Å². The summed E-state index contributed by atoms with van der Waals surface area (Å²) in [5, 5.41) is 11.0. The van der Waals surface area contributed by atoms with Gasteiger partial charge in [0.05, 0.1) is 33.1 Å². The molecule has 18 rings (SSSR count). The van der Waals surface area contributed by atoms with Gasteiger partial charge in [-0.2, -0.15) is 9.97 Å². The van der Waals surface area contributed by atoms with Crippen LogP contribution in [0, 0.1) is 0 Å². The zero-order chi connectivity index (χ0) is 54.3. The molecule has 0 aliphatic carbocycles. The molecular formula is C75H44N6O2. The summed E-state index contributed by atoms with van der Waals surface area (Å²) in [5.74, 6) is 1.55. The van der Waals surface area contributed by atoms with Crippen molar-refractivity contribution in [1.29, 1.82) is 0 Å². The second kappa shape index (κ2) is 17.6. The molecule has 0 fully saturated rings. The Balaban J connectivity index is 0.846. The third-order valence-corrected chi connectivity index (χ3v) is 16.9. The van der Waals surface area contributed by atoms with Gasteiger partial charge in [0.1, 0.15) is 22.3 Å². The first kappa shape index (κ1) is 45.5. The number of hydrogen-bond donors (Lipinski definition) is 0. The molecule has 6 heterocycles. The molecule has 12 aromatic carbocycles. The summed E-state index contributed by atoms with van der Waals surface area (Å²) in [5.41, 5.74) is 18.0. The minimum absolute atomic E-state index is 0.503. The zero-order valence-corrected chi connectivity index (χ0v) is 44.4. The van der Waals surface area contributed by atoms with Crippen molar-refractivity contribution in [1.82, 2.24) is 28.7 Å². The number of aromatic nitrogens is 6. The van der Waals surface area contributed by atoms with E-state index < -0.39 is 0 Å². The molecule has 0 aliphatic heterocycles. The molecule has 0 aliphatic rings. The highest BCUT2D eigenvalue weighted by molar-refractivity contribution is 6.24. The smallest absolute Gasteiger partial charge is 0.238 e. The molecule has 386 valence electrons. The van der Waals surface area contributed by atoms with Crippen molar-refractivity contribution in [2.45, 2.75) is 0 Å². The highest BCUT2D eigenvalue weighted by atomic mass is 16.3. The quantitative estimate of drug-likeness (QED) is 0.159. The normalized spacial score (nSPS) is 12.1. The van der Waals surface area contributed by atoms with Crippen LogP contribution in [-0.2, 0) is 0 Å². The van der Waals surface area contributed by atoms with Gasteiger partial charge < -0.3 is 18.0 Å². The van der Waals surface area contributed by atoms with Gasteiger partial charge in [0.2, 0.25) is 5.95 Å². The highest BCUT2D eigenvalue weighted by Gasteiger charge is 2.25. The van der Waals surface area contributed by atoms with E-state index in [0.29, 0.717) is 17.6 Å². The number of furan rings is 2. The first-order chi connectivity index (χ1) is 41.1. The molecular weight excluding hydrogens is 1020 g/mol. The number of hydrogen-bond acceptors (Lipinski definition) is 5. The molecule has 8 heteroatoms. The van der Waals surface area contributed by atoms with Gasteiger partial charge in [-0.3, -0.25) is 4.57 Å². The predicted octanol–water partition coefficient (Wildman–Crippen LogP) is 19.6. The lowest BCUT2D eigenvalue weighted by Crippen LogP contribution is -2.06. The Bertz CT molecular complexity index is 5690. The SMILES string of the molecule is c1ccc(-c2ccc3c(c2)c2ccccc2n3-c2nc(-c3ccc4c(c3)oc3ccccc34)nc(-c3cccc4oc5ccc(-c6ccc7c(c6)c6ccc8c9ccccc9n(-c9ccccc9)c8c6n7-c6ccccc6)cc5c34)n2)cc1. The third kappa shape index (κ3) is 6.84. The van der Waals surface area contributed by atoms with Crippen molar-refractivity contribution in [3.63, 3.8) is 0 Å². The summed E-state index contributed by atoms with van der Waals surface area (Å²) in [4.78, 5) is 16.3. The Morgan fingerprint density at radius 2 is 0.723 bits per heavy atom. The number of fused-ring (bicyclic) bond motifs is 16. The highest BCUT2D eigenvalue weighted by Crippen LogP contribution is 2.45. The molecule has 83 heavy (non-hydrogen) atoms. The minimum Gasteiger partial charge on any atom is -0.456 e. The molecule has 0 saturated carbocycles. The number of benzene rings is 12. The molecule has 18 aromatic rings. The van der Waals surface area contributed by atoms with Gasteiger partial charge in [-0.25, -0.2) is 4.98 Å². The minimum atomic E-state index is 0.503. The van der Waals surface area contributed by atoms with E-state index in [2.05, 4.69) is 250 Å². The van der Waals surface area contributed by atoms with Crippen LogP contribution in [0.4, 0.5) is 0 Å². The fourth-order valence-corrected chi connectivity index (χ4v) is 13.2.